The monoisotopic (exact) mass is 667 g/mol. The molecule has 2 amide bonds. The highest BCUT2D eigenvalue weighted by atomic mass is 35.5. The zero-order chi connectivity index (χ0) is 32.8. The lowest BCUT2D eigenvalue weighted by molar-refractivity contribution is -0.114. The van der Waals surface area contributed by atoms with Gasteiger partial charge in [-0.3, -0.25) is 0 Å². The van der Waals surface area contributed by atoms with Crippen LogP contribution in [-0.4, -0.2) is 63.5 Å². The number of urea groups is 1. The van der Waals surface area contributed by atoms with E-state index in [4.69, 9.17) is 29.6 Å². The van der Waals surface area contributed by atoms with Gasteiger partial charge in [0.1, 0.15) is 5.52 Å². The molecule has 1 aliphatic carbocycles. The fourth-order valence-electron chi connectivity index (χ4n) is 8.14. The number of carbonyl (C=O) groups is 1. The molecular weight excluding hydrogens is 636 g/mol. The Labute approximate surface area is 275 Å². The number of pyridine rings is 1. The van der Waals surface area contributed by atoms with Gasteiger partial charge in [-0.1, -0.05) is 35.3 Å². The number of amides is 2. The molecule has 2 aromatic heterocycles. The third-order valence-corrected chi connectivity index (χ3v) is 11.1. The SMILES string of the molecule is [2H]Cc1nc2c(F)c(-c3cccc(Cl)c3Cl)c(CCC#N)cc2c2c1cc([C@H]1CCCN1C(=O)N1CC(F)(F)C1)n2[C@H]1[C@H]2CN[C@@H]1C2. The van der Waals surface area contributed by atoms with Gasteiger partial charge in [0, 0.05) is 60.2 Å². The molecule has 1 N–H and O–H groups in total. The number of nitrogens with one attached hydrogen (secondary N) is 1. The lowest BCUT2D eigenvalue weighted by atomic mass is 9.79. The molecule has 6 heterocycles. The number of aryl methyl sites for hydroxylation is 2. The van der Waals surface area contributed by atoms with Gasteiger partial charge in [0.15, 0.2) is 5.82 Å². The quantitative estimate of drug-likeness (QED) is 0.236. The minimum absolute atomic E-state index is 0.0326. The van der Waals surface area contributed by atoms with Crippen LogP contribution in [0.25, 0.3) is 32.9 Å². The first-order valence-electron chi connectivity index (χ1n) is 16.3. The number of rotatable bonds is 5. The average Bonchev–Trinajstić information content (AvgIpc) is 3.84. The Bertz CT molecular complexity index is 1990. The van der Waals surface area contributed by atoms with E-state index in [0.717, 1.165) is 30.6 Å². The Kier molecular flexibility index (Phi) is 6.71. The fourth-order valence-corrected chi connectivity index (χ4v) is 8.54. The number of fused-ring (bicyclic) bond motifs is 4. The van der Waals surface area contributed by atoms with E-state index in [2.05, 4.69) is 16.0 Å². The van der Waals surface area contributed by atoms with Crippen molar-refractivity contribution in [2.45, 2.75) is 63.1 Å². The van der Waals surface area contributed by atoms with Gasteiger partial charge < -0.3 is 19.7 Å². The number of aromatic nitrogens is 2. The smallest absolute Gasteiger partial charge is 0.320 e. The van der Waals surface area contributed by atoms with Crippen molar-refractivity contribution >= 4 is 51.0 Å². The van der Waals surface area contributed by atoms with Crippen LogP contribution in [0.15, 0.2) is 30.3 Å². The normalized spacial score (nSPS) is 25.1. The Hall–Kier alpha value is -3.52. The molecule has 12 heteroatoms. The van der Waals surface area contributed by atoms with Gasteiger partial charge >= 0.3 is 6.03 Å². The number of hydrogen-bond donors (Lipinski definition) is 1. The van der Waals surface area contributed by atoms with E-state index in [-0.39, 0.29) is 59.0 Å². The predicted octanol–water partition coefficient (Wildman–Crippen LogP) is 7.81. The summed E-state index contributed by atoms with van der Waals surface area (Å²) in [5, 5.41) is 14.8. The molecule has 7 nitrogen and oxygen atoms in total. The summed E-state index contributed by atoms with van der Waals surface area (Å²) in [6.45, 7) is -0.0985. The number of carbonyl (C=O) groups excluding carboxylic acids is 1. The van der Waals surface area contributed by atoms with Gasteiger partial charge in [-0.15, -0.1) is 0 Å². The maximum Gasteiger partial charge on any atom is 0.320 e. The van der Waals surface area contributed by atoms with Crippen LogP contribution in [-0.2, 0) is 6.42 Å². The molecule has 4 atom stereocenters. The van der Waals surface area contributed by atoms with E-state index < -0.39 is 30.9 Å². The molecule has 0 radical (unpaired) electrons. The number of nitrogens with zero attached hydrogens (tertiary/aromatic N) is 5. The third-order valence-electron chi connectivity index (χ3n) is 10.3. The van der Waals surface area contributed by atoms with Gasteiger partial charge in [-0.05, 0) is 62.3 Å². The van der Waals surface area contributed by atoms with E-state index in [1.807, 2.05) is 12.1 Å². The zero-order valence-electron chi connectivity index (χ0n) is 25.8. The van der Waals surface area contributed by atoms with Crippen LogP contribution in [0, 0.1) is 30.0 Å². The topological polar surface area (TPSA) is 77.2 Å². The summed E-state index contributed by atoms with van der Waals surface area (Å²) < 4.78 is 55.2. The molecule has 5 fully saturated rings. The maximum absolute atomic E-state index is 17.0. The Morgan fingerprint density at radius 3 is 2.78 bits per heavy atom. The van der Waals surface area contributed by atoms with E-state index in [0.29, 0.717) is 46.5 Å². The first-order valence-corrected chi connectivity index (χ1v) is 16.3. The van der Waals surface area contributed by atoms with Gasteiger partial charge in [0.25, 0.3) is 5.92 Å². The molecule has 238 valence electrons. The summed E-state index contributed by atoms with van der Waals surface area (Å²) in [6, 6.07) is 10.5. The third kappa shape index (κ3) is 4.42. The number of likely N-dealkylation sites (tertiary alicyclic amines) is 2. The second kappa shape index (κ2) is 10.8. The minimum atomic E-state index is -2.87. The van der Waals surface area contributed by atoms with E-state index in [1.54, 1.807) is 23.1 Å². The summed E-state index contributed by atoms with van der Waals surface area (Å²) in [7, 11) is 0. The molecule has 5 aliphatic rings. The molecule has 4 saturated heterocycles. The van der Waals surface area contributed by atoms with Crippen LogP contribution in [0.4, 0.5) is 18.0 Å². The summed E-state index contributed by atoms with van der Waals surface area (Å²) >= 11 is 13.0. The Balaban J connectivity index is 1.38. The molecule has 4 aliphatic heterocycles. The number of alkyl halides is 2. The van der Waals surface area contributed by atoms with Crippen molar-refractivity contribution < 1.29 is 19.3 Å². The van der Waals surface area contributed by atoms with Gasteiger partial charge in [-0.25, -0.2) is 22.9 Å². The van der Waals surface area contributed by atoms with Crippen LogP contribution >= 0.6 is 23.2 Å². The van der Waals surface area contributed by atoms with Gasteiger partial charge in [0.05, 0.1) is 46.8 Å². The zero-order valence-corrected chi connectivity index (χ0v) is 26.3. The van der Waals surface area contributed by atoms with Crippen LogP contribution < -0.4 is 5.32 Å². The largest absolute Gasteiger partial charge is 0.337 e. The van der Waals surface area contributed by atoms with Crippen molar-refractivity contribution in [2.75, 3.05) is 26.2 Å². The van der Waals surface area contributed by atoms with Gasteiger partial charge in [0.2, 0.25) is 0 Å². The summed E-state index contributed by atoms with van der Waals surface area (Å²) in [4.78, 5) is 21.2. The molecule has 2 bridgehead atoms. The fraction of sp³-hybridized carbons (Fsp3) is 0.441. The number of hydrogen-bond acceptors (Lipinski definition) is 4. The van der Waals surface area contributed by atoms with Crippen molar-refractivity contribution in [3.05, 3.63) is 63.1 Å². The molecule has 4 aromatic rings. The van der Waals surface area contributed by atoms with E-state index >= 15 is 4.39 Å². The van der Waals surface area contributed by atoms with Crippen molar-refractivity contribution in [3.63, 3.8) is 0 Å². The minimum Gasteiger partial charge on any atom is -0.337 e. The Morgan fingerprint density at radius 1 is 1.26 bits per heavy atom. The Morgan fingerprint density at radius 2 is 2.09 bits per heavy atom. The highest BCUT2D eigenvalue weighted by molar-refractivity contribution is 6.43. The number of benzene rings is 2. The second-order valence-corrected chi connectivity index (χ2v) is 13.8. The van der Waals surface area contributed by atoms with Crippen molar-refractivity contribution in [1.29, 1.82) is 5.26 Å². The molecular formula is C34H31Cl2F3N6O. The number of halogens is 5. The standard InChI is InChI=1S/C34H31Cl2F3N6O/c1-17-21-13-26(25-8-4-10-44(25)33(46)43-15-34(38,39)16-43)45(31-19-12-24(31)41-14-19)32(21)22-11-18(5-3-9-40)27(29(37)30(22)42-17)20-6-2-7-23(35)28(20)36/h2,6-7,11,13,19,24-25,31,41H,3-5,8,10,12,14-16H2,1H3/t19-,24-,25-,31+/m1/s1/i1D. The summed E-state index contributed by atoms with van der Waals surface area (Å²) in [5.41, 5.74) is 3.30. The van der Waals surface area contributed by atoms with E-state index in [9.17, 15) is 18.8 Å². The second-order valence-electron chi connectivity index (χ2n) is 13.0. The van der Waals surface area contributed by atoms with Crippen LogP contribution in [0.1, 0.15) is 56.1 Å². The lowest BCUT2D eigenvalue weighted by Crippen LogP contribution is -2.61. The van der Waals surface area contributed by atoms with Crippen LogP contribution in [0.5, 0.6) is 0 Å². The highest BCUT2D eigenvalue weighted by Gasteiger charge is 2.51. The predicted molar refractivity (Wildman–Crippen MR) is 171 cm³/mol. The van der Waals surface area contributed by atoms with Crippen molar-refractivity contribution in [2.24, 2.45) is 5.92 Å². The average molecular weight is 669 g/mol. The lowest BCUT2D eigenvalue weighted by Gasteiger charge is -2.43. The van der Waals surface area contributed by atoms with Crippen LogP contribution in [0.3, 0.4) is 0 Å². The van der Waals surface area contributed by atoms with Crippen molar-refractivity contribution in [1.82, 2.24) is 24.7 Å². The molecule has 2 aromatic carbocycles. The summed E-state index contributed by atoms with van der Waals surface area (Å²) in [6.07, 6.45) is 2.78. The molecule has 0 unspecified atom stereocenters. The van der Waals surface area contributed by atoms with E-state index in [1.165, 1.54) is 4.90 Å². The van der Waals surface area contributed by atoms with Crippen molar-refractivity contribution in [3.8, 4) is 17.2 Å². The van der Waals surface area contributed by atoms with Crippen LogP contribution in [0.2, 0.25) is 10.0 Å². The maximum atomic E-state index is 17.0. The number of nitriles is 1. The highest BCUT2D eigenvalue weighted by Crippen LogP contribution is 2.51. The molecule has 46 heavy (non-hydrogen) atoms. The molecule has 9 rings (SSSR count). The first-order chi connectivity index (χ1) is 22.6. The van der Waals surface area contributed by atoms with Gasteiger partial charge in [-0.2, -0.15) is 5.26 Å². The molecule has 1 saturated carbocycles. The summed E-state index contributed by atoms with van der Waals surface area (Å²) in [5.74, 6) is -3.15. The molecule has 0 spiro atoms. The first kappa shape index (κ1) is 28.7.